The molecule has 0 saturated carbocycles. The summed E-state index contributed by atoms with van der Waals surface area (Å²) in [6, 6.07) is 1.71. The molecule has 1 fully saturated rings. The Morgan fingerprint density at radius 2 is 2.24 bits per heavy atom. The summed E-state index contributed by atoms with van der Waals surface area (Å²) in [5, 5.41) is 8.12. The van der Waals surface area contributed by atoms with Crippen molar-refractivity contribution >= 4 is 23.2 Å². The second-order valence-electron chi connectivity index (χ2n) is 3.90. The number of hydrogen-bond donors (Lipinski definition) is 0. The molecule has 0 unspecified atom stereocenters. The van der Waals surface area contributed by atoms with E-state index in [4.69, 9.17) is 32.7 Å². The summed E-state index contributed by atoms with van der Waals surface area (Å²) in [5.74, 6) is 0. The molecule has 1 aliphatic heterocycles. The Morgan fingerprint density at radius 3 is 3.00 bits per heavy atom. The van der Waals surface area contributed by atoms with Gasteiger partial charge in [-0.1, -0.05) is 23.2 Å². The smallest absolute Gasteiger partial charge is 0.157 e. The highest BCUT2D eigenvalue weighted by Crippen LogP contribution is 2.17. The van der Waals surface area contributed by atoms with Gasteiger partial charge in [-0.3, -0.25) is 0 Å². The van der Waals surface area contributed by atoms with Gasteiger partial charge < -0.3 is 9.47 Å². The highest BCUT2D eigenvalue weighted by molar-refractivity contribution is 6.31. The van der Waals surface area contributed by atoms with Gasteiger partial charge in [-0.15, -0.1) is 10.2 Å². The van der Waals surface area contributed by atoms with Crippen LogP contribution in [0.25, 0.3) is 0 Å². The maximum absolute atomic E-state index is 5.90. The van der Waals surface area contributed by atoms with Crippen molar-refractivity contribution in [3.63, 3.8) is 0 Å². The molecule has 0 radical (unpaired) electrons. The topological polar surface area (TPSA) is 44.2 Å². The molecule has 1 aromatic heterocycles. The molecule has 0 amide bonds. The Balaban J connectivity index is 1.79. The van der Waals surface area contributed by atoms with Crippen molar-refractivity contribution < 1.29 is 9.47 Å². The van der Waals surface area contributed by atoms with Crippen molar-refractivity contribution in [1.29, 1.82) is 0 Å². The van der Waals surface area contributed by atoms with Crippen LogP contribution in [0.5, 0.6) is 0 Å². The molecule has 4 nitrogen and oxygen atoms in total. The van der Waals surface area contributed by atoms with E-state index in [0.29, 0.717) is 23.3 Å². The Bertz CT molecular complexity index is 370. The van der Waals surface area contributed by atoms with Gasteiger partial charge in [-0.25, -0.2) is 0 Å². The molecular formula is C11H14Cl2N2O2. The fourth-order valence-electron chi connectivity index (χ4n) is 1.71. The Morgan fingerprint density at radius 1 is 1.35 bits per heavy atom. The molecule has 0 aliphatic carbocycles. The zero-order chi connectivity index (χ0) is 12.1. The van der Waals surface area contributed by atoms with Crippen molar-refractivity contribution in [3.05, 3.63) is 21.9 Å². The van der Waals surface area contributed by atoms with E-state index in [1.165, 1.54) is 0 Å². The van der Waals surface area contributed by atoms with E-state index in [-0.39, 0.29) is 6.29 Å². The van der Waals surface area contributed by atoms with Crippen molar-refractivity contribution in [3.8, 4) is 0 Å². The second-order valence-corrected chi connectivity index (χ2v) is 4.65. The summed E-state index contributed by atoms with van der Waals surface area (Å²) in [4.78, 5) is 0. The number of halogens is 2. The minimum atomic E-state index is -0.0761. The molecule has 0 bridgehead atoms. The number of aromatic nitrogens is 2. The molecule has 1 saturated heterocycles. The maximum atomic E-state index is 5.90. The summed E-state index contributed by atoms with van der Waals surface area (Å²) < 4.78 is 11.1. The average Bonchev–Trinajstić information content (AvgIpc) is 2.35. The van der Waals surface area contributed by atoms with E-state index in [1.54, 1.807) is 6.07 Å². The van der Waals surface area contributed by atoms with Crippen LogP contribution in [0.3, 0.4) is 0 Å². The number of nitrogens with zero attached hydrogens (tertiary/aromatic N) is 2. The largest absolute Gasteiger partial charge is 0.353 e. The average molecular weight is 277 g/mol. The third-order valence-corrected chi connectivity index (χ3v) is 3.11. The Hall–Kier alpha value is -0.420. The molecule has 0 spiro atoms. The van der Waals surface area contributed by atoms with Crippen LogP contribution in [0.1, 0.15) is 24.8 Å². The molecule has 0 aromatic carbocycles. The van der Waals surface area contributed by atoms with Gasteiger partial charge in [0.1, 0.15) is 0 Å². The van der Waals surface area contributed by atoms with Crippen LogP contribution in [-0.2, 0) is 15.9 Å². The van der Waals surface area contributed by atoms with E-state index in [0.717, 1.165) is 31.4 Å². The monoisotopic (exact) mass is 276 g/mol. The van der Waals surface area contributed by atoms with Gasteiger partial charge in [-0.05, 0) is 37.3 Å². The first-order valence-electron chi connectivity index (χ1n) is 5.66. The minimum Gasteiger partial charge on any atom is -0.353 e. The van der Waals surface area contributed by atoms with Gasteiger partial charge >= 0.3 is 0 Å². The lowest BCUT2D eigenvalue weighted by atomic mass is 10.2. The summed E-state index contributed by atoms with van der Waals surface area (Å²) in [6.07, 6.45) is 3.83. The number of rotatable bonds is 4. The van der Waals surface area contributed by atoms with Crippen LogP contribution in [0, 0.1) is 0 Å². The Labute approximate surface area is 110 Å². The SMILES string of the molecule is Clc1cc(CCO[C@@H]2CCCCO2)c(Cl)nn1. The maximum Gasteiger partial charge on any atom is 0.157 e. The second kappa shape index (κ2) is 6.50. The lowest BCUT2D eigenvalue weighted by Crippen LogP contribution is -2.23. The molecule has 1 aliphatic rings. The first-order chi connectivity index (χ1) is 8.25. The number of hydrogen-bond acceptors (Lipinski definition) is 4. The van der Waals surface area contributed by atoms with Crippen LogP contribution in [0.15, 0.2) is 6.07 Å². The van der Waals surface area contributed by atoms with Gasteiger partial charge in [0.15, 0.2) is 16.6 Å². The van der Waals surface area contributed by atoms with Gasteiger partial charge in [0.2, 0.25) is 0 Å². The van der Waals surface area contributed by atoms with E-state index in [2.05, 4.69) is 10.2 Å². The predicted octanol–water partition coefficient (Wildman–Crippen LogP) is 2.87. The van der Waals surface area contributed by atoms with E-state index < -0.39 is 0 Å². The van der Waals surface area contributed by atoms with Crippen molar-refractivity contribution in [2.24, 2.45) is 0 Å². The molecule has 1 aromatic rings. The fourth-order valence-corrected chi connectivity index (χ4v) is 2.06. The van der Waals surface area contributed by atoms with Crippen molar-refractivity contribution in [1.82, 2.24) is 10.2 Å². The van der Waals surface area contributed by atoms with Crippen molar-refractivity contribution in [2.45, 2.75) is 32.0 Å². The summed E-state index contributed by atoms with van der Waals surface area (Å²) in [7, 11) is 0. The van der Waals surface area contributed by atoms with Gasteiger partial charge in [0, 0.05) is 6.61 Å². The number of ether oxygens (including phenoxy) is 2. The lowest BCUT2D eigenvalue weighted by Gasteiger charge is -2.22. The first kappa shape index (κ1) is 13.0. The summed E-state index contributed by atoms with van der Waals surface area (Å²) in [5.41, 5.74) is 0.850. The van der Waals surface area contributed by atoms with Crippen LogP contribution < -0.4 is 0 Å². The highest BCUT2D eigenvalue weighted by atomic mass is 35.5. The highest BCUT2D eigenvalue weighted by Gasteiger charge is 2.14. The molecule has 17 heavy (non-hydrogen) atoms. The van der Waals surface area contributed by atoms with Crippen LogP contribution >= 0.6 is 23.2 Å². The van der Waals surface area contributed by atoms with E-state index in [1.807, 2.05) is 0 Å². The van der Waals surface area contributed by atoms with Crippen LogP contribution in [0.2, 0.25) is 10.3 Å². The molecule has 0 N–H and O–H groups in total. The van der Waals surface area contributed by atoms with E-state index in [9.17, 15) is 0 Å². The van der Waals surface area contributed by atoms with Gasteiger partial charge in [0.25, 0.3) is 0 Å². The Kier molecular flexibility index (Phi) is 4.98. The normalized spacial score (nSPS) is 20.5. The fraction of sp³-hybridized carbons (Fsp3) is 0.636. The van der Waals surface area contributed by atoms with Crippen LogP contribution in [0.4, 0.5) is 0 Å². The third-order valence-electron chi connectivity index (χ3n) is 2.60. The lowest BCUT2D eigenvalue weighted by molar-refractivity contribution is -0.161. The molecule has 1 atom stereocenters. The minimum absolute atomic E-state index is 0.0761. The van der Waals surface area contributed by atoms with Gasteiger partial charge in [-0.2, -0.15) is 0 Å². The first-order valence-corrected chi connectivity index (χ1v) is 6.42. The zero-order valence-electron chi connectivity index (χ0n) is 9.36. The summed E-state index contributed by atoms with van der Waals surface area (Å²) >= 11 is 11.6. The molecule has 2 rings (SSSR count). The third kappa shape index (κ3) is 4.07. The standard InChI is InChI=1S/C11H14Cl2N2O2/c12-9-7-8(11(13)15-14-9)4-6-17-10-3-1-2-5-16-10/h7,10H,1-6H2/t10-/m1/s1. The molecule has 6 heteroatoms. The zero-order valence-corrected chi connectivity index (χ0v) is 10.9. The van der Waals surface area contributed by atoms with Gasteiger partial charge in [0.05, 0.1) is 6.61 Å². The molecule has 2 heterocycles. The summed E-state index contributed by atoms with van der Waals surface area (Å²) in [6.45, 7) is 1.33. The predicted molar refractivity (Wildman–Crippen MR) is 65.3 cm³/mol. The van der Waals surface area contributed by atoms with E-state index >= 15 is 0 Å². The van der Waals surface area contributed by atoms with Crippen LogP contribution in [-0.4, -0.2) is 29.7 Å². The molecular weight excluding hydrogens is 263 g/mol. The quantitative estimate of drug-likeness (QED) is 0.848. The molecule has 94 valence electrons. The van der Waals surface area contributed by atoms with Crippen molar-refractivity contribution in [2.75, 3.05) is 13.2 Å².